The van der Waals surface area contributed by atoms with Crippen molar-refractivity contribution in [3.63, 3.8) is 0 Å². The van der Waals surface area contributed by atoms with Crippen LogP contribution in [-0.2, 0) is 26.1 Å². The molecular weight excluding hydrogens is 380 g/mol. The van der Waals surface area contributed by atoms with Gasteiger partial charge in [-0.1, -0.05) is 29.8 Å². The van der Waals surface area contributed by atoms with Gasteiger partial charge in [-0.15, -0.1) is 0 Å². The van der Waals surface area contributed by atoms with Gasteiger partial charge in [-0.25, -0.2) is 13.1 Å². The third kappa shape index (κ3) is 5.79. The second kappa shape index (κ2) is 9.68. The third-order valence-corrected chi connectivity index (χ3v) is 5.89. The van der Waals surface area contributed by atoms with Crippen LogP contribution in [0.1, 0.15) is 18.1 Å². The van der Waals surface area contributed by atoms with Gasteiger partial charge < -0.3 is 9.47 Å². The second-order valence-corrected chi connectivity index (χ2v) is 8.17. The van der Waals surface area contributed by atoms with Crippen LogP contribution in [0.5, 0.6) is 5.75 Å². The fraction of sp³-hybridized carbons (Fsp3) is 0.350. The van der Waals surface area contributed by atoms with Crippen LogP contribution >= 0.6 is 0 Å². The molecule has 8 heteroatoms. The molecule has 2 rings (SSSR count). The number of aryl methyl sites for hydroxylation is 1. The molecule has 2 aromatic rings. The number of hydrogen-bond acceptors (Lipinski definition) is 6. The molecule has 0 spiro atoms. The van der Waals surface area contributed by atoms with E-state index in [-0.39, 0.29) is 4.90 Å². The molecule has 0 unspecified atom stereocenters. The molecule has 0 radical (unpaired) electrons. The summed E-state index contributed by atoms with van der Waals surface area (Å²) in [7, 11) is -0.914. The van der Waals surface area contributed by atoms with Gasteiger partial charge in [0.05, 0.1) is 19.1 Å². The minimum absolute atomic E-state index is 0.142. The maximum atomic E-state index is 12.6. The molecule has 28 heavy (non-hydrogen) atoms. The van der Waals surface area contributed by atoms with Gasteiger partial charge in [-0.2, -0.15) is 0 Å². The minimum atomic E-state index is -3.77. The molecular formula is C20H26N2O5S. The van der Waals surface area contributed by atoms with Crippen LogP contribution in [0.2, 0.25) is 0 Å². The van der Waals surface area contributed by atoms with Crippen molar-refractivity contribution in [2.75, 3.05) is 14.2 Å². The van der Waals surface area contributed by atoms with Crippen molar-refractivity contribution >= 4 is 16.0 Å². The summed E-state index contributed by atoms with van der Waals surface area (Å²) in [6.45, 7) is 3.86. The Hall–Kier alpha value is -2.42. The van der Waals surface area contributed by atoms with Gasteiger partial charge in [-0.3, -0.25) is 10.1 Å². The summed E-state index contributed by atoms with van der Waals surface area (Å²) >= 11 is 0. The van der Waals surface area contributed by atoms with Crippen LogP contribution < -0.4 is 14.8 Å². The zero-order valence-electron chi connectivity index (χ0n) is 16.4. The number of esters is 1. The molecule has 0 saturated heterocycles. The van der Waals surface area contributed by atoms with Crippen LogP contribution in [0.25, 0.3) is 0 Å². The number of nitrogens with one attached hydrogen (secondary N) is 2. The third-order valence-electron chi connectivity index (χ3n) is 4.31. The summed E-state index contributed by atoms with van der Waals surface area (Å²) in [5.74, 6) is 0.181. The Kier molecular flexibility index (Phi) is 7.56. The highest BCUT2D eigenvalue weighted by Gasteiger charge is 2.29. The SMILES string of the molecule is COC(=O)[C@H](NCc1ccc(OC)cc1)[C@H](C)NS(=O)(=O)c1ccc(C)cc1. The number of benzene rings is 2. The monoisotopic (exact) mass is 406 g/mol. The number of hydrogen-bond donors (Lipinski definition) is 2. The Morgan fingerprint density at radius 1 is 1.04 bits per heavy atom. The van der Waals surface area contributed by atoms with E-state index < -0.39 is 28.1 Å². The lowest BCUT2D eigenvalue weighted by Gasteiger charge is -2.24. The van der Waals surface area contributed by atoms with Gasteiger partial charge in [0, 0.05) is 12.6 Å². The maximum Gasteiger partial charge on any atom is 0.324 e. The van der Waals surface area contributed by atoms with Crippen LogP contribution in [0, 0.1) is 6.92 Å². The highest BCUT2D eigenvalue weighted by molar-refractivity contribution is 7.89. The lowest BCUT2D eigenvalue weighted by molar-refractivity contribution is -0.143. The number of rotatable bonds is 9. The Balaban J connectivity index is 2.10. The fourth-order valence-electron chi connectivity index (χ4n) is 2.66. The molecule has 0 aromatic heterocycles. The molecule has 2 atom stereocenters. The van der Waals surface area contributed by atoms with Crippen LogP contribution in [-0.4, -0.2) is 40.7 Å². The average Bonchev–Trinajstić information content (AvgIpc) is 2.68. The number of methoxy groups -OCH3 is 2. The lowest BCUT2D eigenvalue weighted by Crippen LogP contribution is -2.52. The standard InChI is InChI=1S/C20H26N2O5S/c1-14-5-11-18(12-6-14)28(24,25)22-15(2)19(20(23)27-4)21-13-16-7-9-17(26-3)10-8-16/h5-12,15,19,21-22H,13H2,1-4H3/t15-,19+/m0/s1. The summed E-state index contributed by atoms with van der Waals surface area (Å²) in [6.07, 6.45) is 0. The van der Waals surface area contributed by atoms with Crippen LogP contribution in [0.15, 0.2) is 53.4 Å². The molecule has 7 nitrogen and oxygen atoms in total. The molecule has 0 amide bonds. The van der Waals surface area contributed by atoms with Crippen molar-refractivity contribution in [1.29, 1.82) is 0 Å². The summed E-state index contributed by atoms with van der Waals surface area (Å²) in [5.41, 5.74) is 1.88. The largest absolute Gasteiger partial charge is 0.497 e. The first kappa shape index (κ1) is 21.9. The maximum absolute atomic E-state index is 12.6. The molecule has 152 valence electrons. The van der Waals surface area contributed by atoms with Crippen molar-refractivity contribution in [3.8, 4) is 5.75 Å². The van der Waals surface area contributed by atoms with Crippen molar-refractivity contribution in [1.82, 2.24) is 10.0 Å². The van der Waals surface area contributed by atoms with Gasteiger partial charge >= 0.3 is 5.97 Å². The van der Waals surface area contributed by atoms with Gasteiger partial charge in [0.25, 0.3) is 0 Å². The first-order valence-electron chi connectivity index (χ1n) is 8.80. The van der Waals surface area contributed by atoms with E-state index in [1.165, 1.54) is 19.2 Å². The van der Waals surface area contributed by atoms with E-state index in [2.05, 4.69) is 10.0 Å². The van der Waals surface area contributed by atoms with E-state index in [1.54, 1.807) is 26.2 Å². The molecule has 0 fully saturated rings. The quantitative estimate of drug-likeness (QED) is 0.619. The van der Waals surface area contributed by atoms with Gasteiger partial charge in [0.15, 0.2) is 0 Å². The lowest BCUT2D eigenvalue weighted by atomic mass is 10.1. The normalized spacial score (nSPS) is 13.6. The summed E-state index contributed by atoms with van der Waals surface area (Å²) in [4.78, 5) is 12.3. The number of ether oxygens (including phenoxy) is 2. The topological polar surface area (TPSA) is 93.7 Å². The predicted molar refractivity (Wildman–Crippen MR) is 107 cm³/mol. The zero-order valence-corrected chi connectivity index (χ0v) is 17.2. The van der Waals surface area contributed by atoms with E-state index in [0.717, 1.165) is 16.9 Å². The molecule has 0 aliphatic rings. The Labute approximate surface area is 166 Å². The minimum Gasteiger partial charge on any atom is -0.497 e. The zero-order chi connectivity index (χ0) is 20.7. The van der Waals surface area contributed by atoms with Crippen molar-refractivity contribution in [3.05, 3.63) is 59.7 Å². The number of sulfonamides is 1. The van der Waals surface area contributed by atoms with E-state index >= 15 is 0 Å². The molecule has 0 heterocycles. The Morgan fingerprint density at radius 2 is 1.64 bits per heavy atom. The number of carbonyl (C=O) groups excluding carboxylic acids is 1. The summed E-state index contributed by atoms with van der Waals surface area (Å²) in [5, 5.41) is 3.06. The Morgan fingerprint density at radius 3 is 2.18 bits per heavy atom. The second-order valence-electron chi connectivity index (χ2n) is 6.45. The van der Waals surface area contributed by atoms with Crippen molar-refractivity contribution in [2.45, 2.75) is 37.4 Å². The average molecular weight is 407 g/mol. The van der Waals surface area contributed by atoms with Gasteiger partial charge in [-0.05, 0) is 43.7 Å². The molecule has 0 bridgehead atoms. The molecule has 0 aliphatic carbocycles. The van der Waals surface area contributed by atoms with Gasteiger partial charge in [0.1, 0.15) is 11.8 Å². The van der Waals surface area contributed by atoms with E-state index in [4.69, 9.17) is 9.47 Å². The van der Waals surface area contributed by atoms with Crippen LogP contribution in [0.3, 0.4) is 0 Å². The summed E-state index contributed by atoms with van der Waals surface area (Å²) in [6, 6.07) is 12.3. The molecule has 0 aliphatic heterocycles. The van der Waals surface area contributed by atoms with E-state index in [1.807, 2.05) is 31.2 Å². The van der Waals surface area contributed by atoms with Crippen LogP contribution in [0.4, 0.5) is 0 Å². The predicted octanol–water partition coefficient (Wildman–Crippen LogP) is 2.00. The first-order valence-corrected chi connectivity index (χ1v) is 10.3. The first-order chi connectivity index (χ1) is 13.3. The molecule has 2 aromatic carbocycles. The summed E-state index contributed by atoms with van der Waals surface area (Å²) < 4.78 is 37.7. The highest BCUT2D eigenvalue weighted by Crippen LogP contribution is 2.13. The molecule has 2 N–H and O–H groups in total. The Bertz CT molecular complexity index is 880. The van der Waals surface area contributed by atoms with Crippen molar-refractivity contribution < 1.29 is 22.7 Å². The van der Waals surface area contributed by atoms with Gasteiger partial charge in [0.2, 0.25) is 10.0 Å². The highest BCUT2D eigenvalue weighted by atomic mass is 32.2. The molecule has 0 saturated carbocycles. The number of carbonyl (C=O) groups is 1. The van der Waals surface area contributed by atoms with E-state index in [0.29, 0.717) is 6.54 Å². The fourth-order valence-corrected chi connectivity index (χ4v) is 3.92. The van der Waals surface area contributed by atoms with Crippen molar-refractivity contribution in [2.24, 2.45) is 0 Å². The smallest absolute Gasteiger partial charge is 0.324 e. The van der Waals surface area contributed by atoms with E-state index in [9.17, 15) is 13.2 Å².